The standard InChI is InChI=1S/C17H17FN2O4/c1-10-7-13(9-15(8-10)20(23)24)17(22)19-11(2)16(21)12-3-5-14(18)6-4-12/h3-9,11,16,21H,1-2H3,(H,19,22). The molecule has 0 bridgehead atoms. The minimum Gasteiger partial charge on any atom is -0.386 e. The van der Waals surface area contributed by atoms with E-state index in [0.717, 1.165) is 0 Å². The summed E-state index contributed by atoms with van der Waals surface area (Å²) in [7, 11) is 0. The number of aliphatic hydroxyl groups excluding tert-OH is 1. The average molecular weight is 332 g/mol. The molecule has 0 aliphatic heterocycles. The van der Waals surface area contributed by atoms with Gasteiger partial charge in [-0.1, -0.05) is 12.1 Å². The molecule has 2 atom stereocenters. The molecule has 0 fully saturated rings. The first-order valence-corrected chi connectivity index (χ1v) is 7.28. The van der Waals surface area contributed by atoms with E-state index in [-0.39, 0.29) is 11.3 Å². The van der Waals surface area contributed by atoms with E-state index in [1.807, 2.05) is 0 Å². The molecule has 2 N–H and O–H groups in total. The first kappa shape index (κ1) is 17.6. The number of halogens is 1. The lowest BCUT2D eigenvalue weighted by Gasteiger charge is -2.20. The van der Waals surface area contributed by atoms with Gasteiger partial charge in [-0.25, -0.2) is 4.39 Å². The molecule has 2 aromatic rings. The van der Waals surface area contributed by atoms with Gasteiger partial charge in [-0.2, -0.15) is 0 Å². The second-order valence-electron chi connectivity index (χ2n) is 5.57. The van der Waals surface area contributed by atoms with Gasteiger partial charge in [-0.05, 0) is 43.2 Å². The van der Waals surface area contributed by atoms with E-state index in [1.165, 1.54) is 42.5 Å². The first-order chi connectivity index (χ1) is 11.3. The summed E-state index contributed by atoms with van der Waals surface area (Å²) in [6.07, 6.45) is -1.03. The number of hydrogen-bond donors (Lipinski definition) is 2. The maximum absolute atomic E-state index is 12.9. The van der Waals surface area contributed by atoms with Crippen LogP contribution in [0.5, 0.6) is 0 Å². The highest BCUT2D eigenvalue weighted by molar-refractivity contribution is 5.95. The zero-order valence-electron chi connectivity index (χ0n) is 13.2. The van der Waals surface area contributed by atoms with E-state index >= 15 is 0 Å². The van der Waals surface area contributed by atoms with Crippen LogP contribution in [0.25, 0.3) is 0 Å². The number of nitro benzene ring substituents is 1. The smallest absolute Gasteiger partial charge is 0.270 e. The van der Waals surface area contributed by atoms with Crippen molar-refractivity contribution < 1.29 is 19.2 Å². The number of non-ortho nitro benzene ring substituents is 1. The van der Waals surface area contributed by atoms with E-state index in [4.69, 9.17) is 0 Å². The van der Waals surface area contributed by atoms with Gasteiger partial charge >= 0.3 is 0 Å². The second-order valence-corrected chi connectivity index (χ2v) is 5.57. The summed E-state index contributed by atoms with van der Waals surface area (Å²) in [6.45, 7) is 3.25. The number of carbonyl (C=O) groups excluding carboxylic acids is 1. The molecule has 0 saturated heterocycles. The van der Waals surface area contributed by atoms with Gasteiger partial charge in [0.15, 0.2) is 0 Å². The van der Waals surface area contributed by atoms with Crippen LogP contribution in [0.3, 0.4) is 0 Å². The van der Waals surface area contributed by atoms with Gasteiger partial charge in [-0.15, -0.1) is 0 Å². The highest BCUT2D eigenvalue weighted by Gasteiger charge is 2.20. The minimum absolute atomic E-state index is 0.139. The number of aliphatic hydroxyl groups is 1. The maximum atomic E-state index is 12.9. The lowest BCUT2D eigenvalue weighted by molar-refractivity contribution is -0.384. The Hall–Kier alpha value is -2.80. The molecule has 2 rings (SSSR count). The fraction of sp³-hybridized carbons (Fsp3) is 0.235. The summed E-state index contributed by atoms with van der Waals surface area (Å²) in [4.78, 5) is 22.6. The Morgan fingerprint density at radius 1 is 1.25 bits per heavy atom. The molecule has 24 heavy (non-hydrogen) atoms. The van der Waals surface area contributed by atoms with Gasteiger partial charge in [0.05, 0.1) is 17.1 Å². The predicted molar refractivity (Wildman–Crippen MR) is 86.1 cm³/mol. The fourth-order valence-electron chi connectivity index (χ4n) is 2.32. The number of benzene rings is 2. The van der Waals surface area contributed by atoms with Crippen LogP contribution >= 0.6 is 0 Å². The van der Waals surface area contributed by atoms with Crippen LogP contribution < -0.4 is 5.32 Å². The summed E-state index contributed by atoms with van der Waals surface area (Å²) in [5, 5.41) is 23.7. The van der Waals surface area contributed by atoms with Crippen molar-refractivity contribution in [3.8, 4) is 0 Å². The van der Waals surface area contributed by atoms with Crippen molar-refractivity contribution in [1.82, 2.24) is 5.32 Å². The number of nitro groups is 1. The summed E-state index contributed by atoms with van der Waals surface area (Å²) >= 11 is 0. The molecule has 6 nitrogen and oxygen atoms in total. The molecule has 2 aromatic carbocycles. The van der Waals surface area contributed by atoms with Crippen molar-refractivity contribution in [1.29, 1.82) is 0 Å². The SMILES string of the molecule is Cc1cc(C(=O)NC(C)C(O)c2ccc(F)cc2)cc([N+](=O)[O-])c1. The third-order valence-electron chi connectivity index (χ3n) is 3.58. The van der Waals surface area contributed by atoms with Crippen molar-refractivity contribution in [2.75, 3.05) is 0 Å². The van der Waals surface area contributed by atoms with E-state index in [1.54, 1.807) is 13.8 Å². The zero-order chi connectivity index (χ0) is 17.9. The fourth-order valence-corrected chi connectivity index (χ4v) is 2.32. The van der Waals surface area contributed by atoms with Crippen LogP contribution in [0.15, 0.2) is 42.5 Å². The number of nitrogens with zero attached hydrogens (tertiary/aromatic N) is 1. The number of nitrogens with one attached hydrogen (secondary N) is 1. The quantitative estimate of drug-likeness (QED) is 0.650. The molecule has 1 amide bonds. The molecule has 0 aliphatic carbocycles. The molecule has 0 aromatic heterocycles. The number of amides is 1. The van der Waals surface area contributed by atoms with Crippen LogP contribution in [0.2, 0.25) is 0 Å². The van der Waals surface area contributed by atoms with E-state index in [2.05, 4.69) is 5.32 Å². The summed E-state index contributed by atoms with van der Waals surface area (Å²) in [5.74, 6) is -0.954. The van der Waals surface area contributed by atoms with Crippen molar-refractivity contribution in [2.45, 2.75) is 26.0 Å². The Bertz CT molecular complexity index is 762. The number of carbonyl (C=O) groups is 1. The first-order valence-electron chi connectivity index (χ1n) is 7.28. The van der Waals surface area contributed by atoms with Crippen LogP contribution in [-0.2, 0) is 0 Å². The zero-order valence-corrected chi connectivity index (χ0v) is 13.2. The Kier molecular flexibility index (Phi) is 5.25. The molecule has 0 aliphatic rings. The molecule has 0 heterocycles. The highest BCUT2D eigenvalue weighted by atomic mass is 19.1. The Morgan fingerprint density at radius 3 is 2.46 bits per heavy atom. The molecule has 0 radical (unpaired) electrons. The van der Waals surface area contributed by atoms with Crippen LogP contribution in [-0.4, -0.2) is 22.0 Å². The Labute approximate surface area is 138 Å². The molecule has 7 heteroatoms. The van der Waals surface area contributed by atoms with Crippen molar-refractivity contribution >= 4 is 11.6 Å². The van der Waals surface area contributed by atoms with Gasteiger partial charge in [0, 0.05) is 17.7 Å². The molecule has 0 spiro atoms. The molecule has 0 saturated carbocycles. The number of aryl methyl sites for hydroxylation is 1. The lowest BCUT2D eigenvalue weighted by atomic mass is 10.0. The minimum atomic E-state index is -1.03. The number of rotatable bonds is 5. The summed E-state index contributed by atoms with van der Waals surface area (Å²) in [6, 6.07) is 8.71. The number of hydrogen-bond acceptors (Lipinski definition) is 4. The third kappa shape index (κ3) is 4.14. The normalized spacial score (nSPS) is 13.2. The monoisotopic (exact) mass is 332 g/mol. The Balaban J connectivity index is 2.13. The van der Waals surface area contributed by atoms with Gasteiger partial charge < -0.3 is 10.4 Å². The van der Waals surface area contributed by atoms with Crippen molar-refractivity contribution in [3.63, 3.8) is 0 Å². The van der Waals surface area contributed by atoms with E-state index in [9.17, 15) is 24.4 Å². The molecular weight excluding hydrogens is 315 g/mol. The predicted octanol–water partition coefficient (Wildman–Crippen LogP) is 2.89. The molecular formula is C17H17FN2O4. The highest BCUT2D eigenvalue weighted by Crippen LogP contribution is 2.19. The largest absolute Gasteiger partial charge is 0.386 e. The average Bonchev–Trinajstić information content (AvgIpc) is 2.54. The molecule has 2 unspecified atom stereocenters. The van der Waals surface area contributed by atoms with Crippen LogP contribution in [0.1, 0.15) is 34.5 Å². The second kappa shape index (κ2) is 7.18. The molecule has 126 valence electrons. The van der Waals surface area contributed by atoms with Crippen molar-refractivity contribution in [2.24, 2.45) is 0 Å². The topological polar surface area (TPSA) is 92.5 Å². The van der Waals surface area contributed by atoms with Crippen LogP contribution in [0, 0.1) is 22.9 Å². The van der Waals surface area contributed by atoms with Gasteiger partial charge in [-0.3, -0.25) is 14.9 Å². The maximum Gasteiger partial charge on any atom is 0.270 e. The van der Waals surface area contributed by atoms with Gasteiger partial charge in [0.25, 0.3) is 11.6 Å². The van der Waals surface area contributed by atoms with Crippen LogP contribution in [0.4, 0.5) is 10.1 Å². The van der Waals surface area contributed by atoms with E-state index < -0.39 is 28.8 Å². The summed E-state index contributed by atoms with van der Waals surface area (Å²) in [5.41, 5.74) is 1.01. The summed E-state index contributed by atoms with van der Waals surface area (Å²) < 4.78 is 12.9. The lowest BCUT2D eigenvalue weighted by Crippen LogP contribution is -2.37. The Morgan fingerprint density at radius 2 is 1.88 bits per heavy atom. The van der Waals surface area contributed by atoms with Crippen molar-refractivity contribution in [3.05, 3.63) is 75.1 Å². The van der Waals surface area contributed by atoms with E-state index in [0.29, 0.717) is 11.1 Å². The third-order valence-corrected chi connectivity index (χ3v) is 3.58. The van der Waals surface area contributed by atoms with Gasteiger partial charge in [0.2, 0.25) is 0 Å². The van der Waals surface area contributed by atoms with Gasteiger partial charge in [0.1, 0.15) is 5.82 Å².